The largest absolute Gasteiger partial charge is 0.381 e. The fraction of sp³-hybridized carbons (Fsp3) is 0.278. The molecule has 0 aliphatic heterocycles. The van der Waals surface area contributed by atoms with Crippen molar-refractivity contribution in [2.75, 3.05) is 18.9 Å². The molecule has 0 unspecified atom stereocenters. The van der Waals surface area contributed by atoms with Crippen molar-refractivity contribution in [3.05, 3.63) is 58.4 Å². The first kappa shape index (κ1) is 17.3. The first-order valence-corrected chi connectivity index (χ1v) is 7.91. The normalized spacial score (nSPS) is 11.0. The summed E-state index contributed by atoms with van der Waals surface area (Å²) in [5.41, 5.74) is 3.23. The van der Waals surface area contributed by atoms with E-state index in [0.29, 0.717) is 17.1 Å². The minimum atomic E-state index is -0.215. The topological polar surface area (TPSA) is 27.6 Å². The highest BCUT2D eigenvalue weighted by Crippen LogP contribution is 2.31. The molecule has 23 heavy (non-hydrogen) atoms. The number of halogens is 2. The Labute approximate surface area is 141 Å². The van der Waals surface area contributed by atoms with Gasteiger partial charge in [-0.2, -0.15) is 0 Å². The number of nitrogens with zero attached hydrogens (tertiary/aromatic N) is 2. The Morgan fingerprint density at radius 2 is 2.04 bits per heavy atom. The second kappa shape index (κ2) is 7.97. The molecule has 0 saturated heterocycles. The second-order valence-electron chi connectivity index (χ2n) is 5.38. The van der Waals surface area contributed by atoms with Crippen LogP contribution in [0.2, 0.25) is 5.02 Å². The van der Waals surface area contributed by atoms with E-state index in [-0.39, 0.29) is 5.82 Å². The van der Waals surface area contributed by atoms with Gasteiger partial charge in [0.25, 0.3) is 0 Å². The molecule has 0 atom stereocenters. The predicted octanol–water partition coefficient (Wildman–Crippen LogP) is 5.01. The van der Waals surface area contributed by atoms with Gasteiger partial charge in [-0.25, -0.2) is 9.38 Å². The number of hydrogen-bond donors (Lipinski definition) is 1. The maximum atomic E-state index is 13.7. The van der Waals surface area contributed by atoms with Crippen LogP contribution in [0.1, 0.15) is 18.1 Å². The highest BCUT2D eigenvalue weighted by Gasteiger charge is 2.07. The lowest BCUT2D eigenvalue weighted by Gasteiger charge is -2.13. The van der Waals surface area contributed by atoms with E-state index < -0.39 is 0 Å². The van der Waals surface area contributed by atoms with Crippen molar-refractivity contribution >= 4 is 29.3 Å². The molecular formula is C18H21ClFN3. The molecule has 2 aromatic rings. The third-order valence-electron chi connectivity index (χ3n) is 3.61. The Balaban J connectivity index is 2.14. The Morgan fingerprint density at radius 1 is 1.30 bits per heavy atom. The molecule has 0 saturated carbocycles. The summed E-state index contributed by atoms with van der Waals surface area (Å²) in [6.07, 6.45) is 1.76. The van der Waals surface area contributed by atoms with Gasteiger partial charge in [-0.15, -0.1) is 0 Å². The van der Waals surface area contributed by atoms with Gasteiger partial charge in [0.15, 0.2) is 0 Å². The Hall–Kier alpha value is -2.07. The van der Waals surface area contributed by atoms with E-state index in [0.717, 1.165) is 23.5 Å². The molecule has 0 radical (unpaired) electrons. The molecular weight excluding hydrogens is 313 g/mol. The summed E-state index contributed by atoms with van der Waals surface area (Å²) in [5.74, 6) is -0.215. The number of anilines is 1. The lowest BCUT2D eigenvalue weighted by Crippen LogP contribution is -2.14. The lowest BCUT2D eigenvalue weighted by molar-refractivity contribution is 0.552. The number of hydrogen-bond acceptors (Lipinski definition) is 2. The summed E-state index contributed by atoms with van der Waals surface area (Å²) >= 11 is 6.29. The molecule has 3 nitrogen and oxygen atoms in total. The first-order chi connectivity index (χ1) is 11.0. The number of nitrogens with one attached hydrogen (secondary N) is 1. The summed E-state index contributed by atoms with van der Waals surface area (Å²) in [5, 5.41) is 3.79. The number of rotatable bonds is 6. The van der Waals surface area contributed by atoms with Gasteiger partial charge in [-0.3, -0.25) is 0 Å². The Bertz CT molecular complexity index is 701. The average molecular weight is 334 g/mol. The van der Waals surface area contributed by atoms with Crippen LogP contribution in [0.4, 0.5) is 15.8 Å². The molecule has 5 heteroatoms. The molecule has 0 amide bonds. The van der Waals surface area contributed by atoms with E-state index in [4.69, 9.17) is 11.6 Å². The molecule has 2 aromatic carbocycles. The van der Waals surface area contributed by atoms with Crippen molar-refractivity contribution in [2.24, 2.45) is 4.99 Å². The quantitative estimate of drug-likeness (QED) is 0.594. The van der Waals surface area contributed by atoms with Crippen LogP contribution in [0.5, 0.6) is 0 Å². The molecule has 0 heterocycles. The minimum Gasteiger partial charge on any atom is -0.381 e. The standard InChI is InChI=1S/C18H21ClFN3/c1-4-23(3)12-22-18-9-13(2)17(10-15(18)19)21-11-14-7-5-6-8-16(14)20/h5-10,12,21H,4,11H2,1-3H3. The Morgan fingerprint density at radius 3 is 2.74 bits per heavy atom. The van der Waals surface area contributed by atoms with Crippen LogP contribution in [-0.2, 0) is 6.54 Å². The maximum absolute atomic E-state index is 13.7. The zero-order valence-corrected chi connectivity index (χ0v) is 14.4. The molecule has 0 aromatic heterocycles. The van der Waals surface area contributed by atoms with Crippen LogP contribution in [0.3, 0.4) is 0 Å². The van der Waals surface area contributed by atoms with Crippen molar-refractivity contribution in [3.8, 4) is 0 Å². The fourth-order valence-corrected chi connectivity index (χ4v) is 2.24. The van der Waals surface area contributed by atoms with Gasteiger partial charge in [0.05, 0.1) is 17.0 Å². The molecule has 0 bridgehead atoms. The highest BCUT2D eigenvalue weighted by molar-refractivity contribution is 6.33. The van der Waals surface area contributed by atoms with Crippen LogP contribution >= 0.6 is 11.6 Å². The monoisotopic (exact) mass is 333 g/mol. The van der Waals surface area contributed by atoms with E-state index >= 15 is 0 Å². The van der Waals surface area contributed by atoms with E-state index in [1.165, 1.54) is 6.07 Å². The highest BCUT2D eigenvalue weighted by atomic mass is 35.5. The lowest BCUT2D eigenvalue weighted by atomic mass is 10.1. The molecule has 122 valence electrons. The van der Waals surface area contributed by atoms with Crippen molar-refractivity contribution in [1.82, 2.24) is 4.90 Å². The third kappa shape index (κ3) is 4.70. The van der Waals surface area contributed by atoms with Gasteiger partial charge >= 0.3 is 0 Å². The van der Waals surface area contributed by atoms with Crippen LogP contribution in [-0.4, -0.2) is 24.8 Å². The van der Waals surface area contributed by atoms with Gasteiger partial charge in [0.1, 0.15) is 5.82 Å². The van der Waals surface area contributed by atoms with Crippen LogP contribution in [0.25, 0.3) is 0 Å². The minimum absolute atomic E-state index is 0.215. The molecule has 2 rings (SSSR count). The number of benzene rings is 2. The number of aliphatic imine (C=N–C) groups is 1. The maximum Gasteiger partial charge on any atom is 0.128 e. The molecule has 0 spiro atoms. The van der Waals surface area contributed by atoms with Gasteiger partial charge in [-0.1, -0.05) is 29.8 Å². The Kier molecular flexibility index (Phi) is 5.99. The van der Waals surface area contributed by atoms with Crippen LogP contribution in [0, 0.1) is 12.7 Å². The van der Waals surface area contributed by atoms with Crippen LogP contribution < -0.4 is 5.32 Å². The summed E-state index contributed by atoms with van der Waals surface area (Å²) < 4.78 is 13.7. The van der Waals surface area contributed by atoms with E-state index in [1.807, 2.05) is 37.1 Å². The zero-order valence-electron chi connectivity index (χ0n) is 13.6. The van der Waals surface area contributed by atoms with Gasteiger partial charge in [-0.05, 0) is 37.6 Å². The third-order valence-corrected chi connectivity index (χ3v) is 3.92. The summed E-state index contributed by atoms with van der Waals surface area (Å²) in [4.78, 5) is 6.36. The van der Waals surface area contributed by atoms with Crippen LogP contribution in [0.15, 0.2) is 41.4 Å². The summed E-state index contributed by atoms with van der Waals surface area (Å²) in [6, 6.07) is 10.5. The SMILES string of the molecule is CCN(C)C=Nc1cc(C)c(NCc2ccccc2F)cc1Cl. The van der Waals surface area contributed by atoms with Crippen molar-refractivity contribution in [2.45, 2.75) is 20.4 Å². The van der Waals surface area contributed by atoms with Crippen molar-refractivity contribution in [3.63, 3.8) is 0 Å². The smallest absolute Gasteiger partial charge is 0.128 e. The van der Waals surface area contributed by atoms with Crippen molar-refractivity contribution in [1.29, 1.82) is 0 Å². The zero-order chi connectivity index (χ0) is 16.8. The van der Waals surface area contributed by atoms with E-state index in [9.17, 15) is 4.39 Å². The summed E-state index contributed by atoms with van der Waals surface area (Å²) in [6.45, 7) is 5.31. The molecule has 0 aliphatic rings. The molecule has 1 N–H and O–H groups in total. The van der Waals surface area contributed by atoms with Gasteiger partial charge in [0, 0.05) is 31.4 Å². The van der Waals surface area contributed by atoms with Crippen molar-refractivity contribution < 1.29 is 4.39 Å². The number of aryl methyl sites for hydroxylation is 1. The average Bonchev–Trinajstić information content (AvgIpc) is 2.54. The van der Waals surface area contributed by atoms with E-state index in [2.05, 4.69) is 17.2 Å². The second-order valence-corrected chi connectivity index (χ2v) is 5.79. The predicted molar refractivity (Wildman–Crippen MR) is 96.4 cm³/mol. The van der Waals surface area contributed by atoms with Gasteiger partial charge < -0.3 is 10.2 Å². The van der Waals surface area contributed by atoms with Gasteiger partial charge in [0.2, 0.25) is 0 Å². The van der Waals surface area contributed by atoms with E-state index in [1.54, 1.807) is 18.5 Å². The summed E-state index contributed by atoms with van der Waals surface area (Å²) in [7, 11) is 1.95. The fourth-order valence-electron chi connectivity index (χ4n) is 2.03. The molecule has 0 fully saturated rings. The first-order valence-electron chi connectivity index (χ1n) is 7.53. The molecule has 0 aliphatic carbocycles.